The van der Waals surface area contributed by atoms with E-state index >= 15 is 0 Å². The van der Waals surface area contributed by atoms with Gasteiger partial charge in [-0.25, -0.2) is 4.98 Å². The molecule has 0 saturated heterocycles. The monoisotopic (exact) mass is 228 g/mol. The van der Waals surface area contributed by atoms with Crippen LogP contribution in [-0.4, -0.2) is 4.98 Å². The zero-order valence-electron chi connectivity index (χ0n) is 8.74. The highest BCUT2D eigenvalue weighted by atomic mass is 35.5. The fourth-order valence-electron chi connectivity index (χ4n) is 1.48. The third kappa shape index (κ3) is 2.05. The topological polar surface area (TPSA) is 36.7 Å². The van der Waals surface area contributed by atoms with Crippen molar-refractivity contribution >= 4 is 11.6 Å². The number of rotatable bonds is 1. The summed E-state index contributed by atoms with van der Waals surface area (Å²) in [5, 5.41) is 9.00. The third-order valence-corrected chi connectivity index (χ3v) is 2.57. The summed E-state index contributed by atoms with van der Waals surface area (Å²) >= 11 is 5.89. The van der Waals surface area contributed by atoms with Gasteiger partial charge in [-0.05, 0) is 25.1 Å². The van der Waals surface area contributed by atoms with E-state index in [0.29, 0.717) is 5.56 Å². The van der Waals surface area contributed by atoms with Crippen LogP contribution < -0.4 is 0 Å². The number of nitrogens with zero attached hydrogens (tertiary/aromatic N) is 2. The maximum Gasteiger partial charge on any atom is 0.147 e. The van der Waals surface area contributed by atoms with E-state index in [1.807, 2.05) is 37.3 Å². The molecule has 0 amide bonds. The van der Waals surface area contributed by atoms with Gasteiger partial charge >= 0.3 is 0 Å². The highest BCUT2D eigenvalue weighted by molar-refractivity contribution is 6.30. The Morgan fingerprint density at radius 3 is 2.69 bits per heavy atom. The summed E-state index contributed by atoms with van der Waals surface area (Å²) in [6.07, 6.45) is 0. The van der Waals surface area contributed by atoms with Gasteiger partial charge in [-0.15, -0.1) is 0 Å². The molecule has 0 bridgehead atoms. The second-order valence-corrected chi connectivity index (χ2v) is 3.87. The fourth-order valence-corrected chi connectivity index (χ4v) is 1.68. The van der Waals surface area contributed by atoms with Crippen molar-refractivity contribution in [2.75, 3.05) is 0 Å². The standard InChI is InChI=1S/C13H9ClN2/c1-9-3-2-4-10(7-9)12-6-5-11(8-15)13(14)16-12/h2-7H,1H3. The zero-order chi connectivity index (χ0) is 11.5. The zero-order valence-corrected chi connectivity index (χ0v) is 9.49. The number of benzene rings is 1. The van der Waals surface area contributed by atoms with Gasteiger partial charge in [0, 0.05) is 5.56 Å². The Morgan fingerprint density at radius 2 is 2.06 bits per heavy atom. The van der Waals surface area contributed by atoms with Crippen LogP contribution in [0.25, 0.3) is 11.3 Å². The van der Waals surface area contributed by atoms with Crippen molar-refractivity contribution in [2.24, 2.45) is 0 Å². The van der Waals surface area contributed by atoms with Gasteiger partial charge in [0.1, 0.15) is 11.2 Å². The van der Waals surface area contributed by atoms with Crippen molar-refractivity contribution in [1.29, 1.82) is 5.26 Å². The fraction of sp³-hybridized carbons (Fsp3) is 0.0769. The molecule has 78 valence electrons. The molecule has 0 radical (unpaired) electrons. The summed E-state index contributed by atoms with van der Waals surface area (Å²) in [6, 6.07) is 13.5. The summed E-state index contributed by atoms with van der Waals surface area (Å²) in [6.45, 7) is 2.02. The maximum absolute atomic E-state index is 8.75. The average Bonchev–Trinajstić information content (AvgIpc) is 2.29. The molecule has 2 nitrogen and oxygen atoms in total. The van der Waals surface area contributed by atoms with E-state index in [9.17, 15) is 0 Å². The van der Waals surface area contributed by atoms with Gasteiger partial charge in [0.05, 0.1) is 11.3 Å². The van der Waals surface area contributed by atoms with Crippen molar-refractivity contribution in [3.63, 3.8) is 0 Å². The van der Waals surface area contributed by atoms with Crippen molar-refractivity contribution < 1.29 is 0 Å². The molecule has 0 atom stereocenters. The van der Waals surface area contributed by atoms with Crippen LogP contribution in [0.3, 0.4) is 0 Å². The predicted octanol–water partition coefficient (Wildman–Crippen LogP) is 3.58. The second kappa shape index (κ2) is 4.34. The number of pyridine rings is 1. The van der Waals surface area contributed by atoms with Gasteiger partial charge in [-0.1, -0.05) is 35.4 Å². The van der Waals surface area contributed by atoms with Gasteiger partial charge in [0.15, 0.2) is 0 Å². The molecule has 1 aromatic carbocycles. The van der Waals surface area contributed by atoms with E-state index in [-0.39, 0.29) is 5.15 Å². The number of halogens is 1. The first-order chi connectivity index (χ1) is 7.70. The molecule has 0 aliphatic carbocycles. The first-order valence-electron chi connectivity index (χ1n) is 4.84. The Labute approximate surface area is 99.1 Å². The Balaban J connectivity index is 2.50. The maximum atomic E-state index is 8.75. The van der Waals surface area contributed by atoms with Gasteiger partial charge in [0.2, 0.25) is 0 Å². The van der Waals surface area contributed by atoms with Gasteiger partial charge in [0.25, 0.3) is 0 Å². The molecule has 1 aromatic heterocycles. The van der Waals surface area contributed by atoms with Crippen LogP contribution in [0, 0.1) is 18.3 Å². The lowest BCUT2D eigenvalue weighted by atomic mass is 10.1. The molecule has 0 fully saturated rings. The lowest BCUT2D eigenvalue weighted by molar-refractivity contribution is 1.29. The van der Waals surface area contributed by atoms with Crippen LogP contribution in [-0.2, 0) is 0 Å². The van der Waals surface area contributed by atoms with Crippen LogP contribution in [0.2, 0.25) is 5.15 Å². The van der Waals surface area contributed by atoms with Crippen LogP contribution in [0.1, 0.15) is 11.1 Å². The molecule has 3 heteroatoms. The van der Waals surface area contributed by atoms with Gasteiger partial charge in [-0.3, -0.25) is 0 Å². The second-order valence-electron chi connectivity index (χ2n) is 3.52. The molecule has 2 aromatic rings. The molecule has 0 spiro atoms. The minimum atomic E-state index is 0.251. The molecule has 0 unspecified atom stereocenters. The number of aryl methyl sites for hydroxylation is 1. The van der Waals surface area contributed by atoms with E-state index in [0.717, 1.165) is 11.3 Å². The molecule has 0 aliphatic rings. The van der Waals surface area contributed by atoms with Crippen molar-refractivity contribution in [2.45, 2.75) is 6.92 Å². The Bertz CT molecular complexity index is 570. The molecular formula is C13H9ClN2. The van der Waals surface area contributed by atoms with Crippen LogP contribution in [0.15, 0.2) is 36.4 Å². The molecule has 16 heavy (non-hydrogen) atoms. The Kier molecular flexibility index (Phi) is 2.89. The van der Waals surface area contributed by atoms with Crippen molar-refractivity contribution in [3.05, 3.63) is 52.7 Å². The third-order valence-electron chi connectivity index (χ3n) is 2.28. The minimum absolute atomic E-state index is 0.251. The minimum Gasteiger partial charge on any atom is -0.235 e. The normalized spacial score (nSPS) is 9.81. The van der Waals surface area contributed by atoms with E-state index in [1.54, 1.807) is 12.1 Å². The molecule has 1 heterocycles. The molecule has 0 saturated carbocycles. The predicted molar refractivity (Wildman–Crippen MR) is 64.1 cm³/mol. The van der Waals surface area contributed by atoms with E-state index in [2.05, 4.69) is 4.98 Å². The summed E-state index contributed by atoms with van der Waals surface area (Å²) in [5.41, 5.74) is 3.36. The Hall–Kier alpha value is -1.85. The number of hydrogen-bond acceptors (Lipinski definition) is 2. The lowest BCUT2D eigenvalue weighted by Crippen LogP contribution is -1.87. The molecular weight excluding hydrogens is 220 g/mol. The average molecular weight is 229 g/mol. The summed E-state index contributed by atoms with van der Waals surface area (Å²) < 4.78 is 0. The summed E-state index contributed by atoms with van der Waals surface area (Å²) in [4.78, 5) is 4.20. The highest BCUT2D eigenvalue weighted by Gasteiger charge is 2.04. The van der Waals surface area contributed by atoms with Crippen molar-refractivity contribution in [1.82, 2.24) is 4.98 Å². The lowest BCUT2D eigenvalue weighted by Gasteiger charge is -2.03. The molecule has 2 rings (SSSR count). The number of nitriles is 1. The van der Waals surface area contributed by atoms with Crippen LogP contribution in [0.5, 0.6) is 0 Å². The SMILES string of the molecule is Cc1cccc(-c2ccc(C#N)c(Cl)n2)c1. The molecule has 0 aliphatic heterocycles. The Morgan fingerprint density at radius 1 is 1.25 bits per heavy atom. The highest BCUT2D eigenvalue weighted by Crippen LogP contribution is 2.22. The van der Waals surface area contributed by atoms with Gasteiger partial charge in [-0.2, -0.15) is 5.26 Å². The molecule has 0 N–H and O–H groups in total. The number of aromatic nitrogens is 1. The van der Waals surface area contributed by atoms with Crippen LogP contribution in [0.4, 0.5) is 0 Å². The van der Waals surface area contributed by atoms with E-state index in [4.69, 9.17) is 16.9 Å². The number of hydrogen-bond donors (Lipinski definition) is 0. The largest absolute Gasteiger partial charge is 0.235 e. The first-order valence-corrected chi connectivity index (χ1v) is 5.22. The first kappa shape index (κ1) is 10.7. The summed E-state index contributed by atoms with van der Waals surface area (Å²) in [7, 11) is 0. The van der Waals surface area contributed by atoms with Gasteiger partial charge < -0.3 is 0 Å². The van der Waals surface area contributed by atoms with Crippen molar-refractivity contribution in [3.8, 4) is 17.3 Å². The van der Waals surface area contributed by atoms with Crippen LogP contribution >= 0.6 is 11.6 Å². The van der Waals surface area contributed by atoms with E-state index < -0.39 is 0 Å². The smallest absolute Gasteiger partial charge is 0.147 e. The quantitative estimate of drug-likeness (QED) is 0.700. The summed E-state index contributed by atoms with van der Waals surface area (Å²) in [5.74, 6) is 0. The van der Waals surface area contributed by atoms with E-state index in [1.165, 1.54) is 5.56 Å².